The van der Waals surface area contributed by atoms with Gasteiger partial charge in [0, 0.05) is 12.3 Å². The summed E-state index contributed by atoms with van der Waals surface area (Å²) in [5, 5.41) is 6.73. The molecule has 0 radical (unpaired) electrons. The van der Waals surface area contributed by atoms with Gasteiger partial charge in [0.15, 0.2) is 0 Å². The lowest BCUT2D eigenvalue weighted by Crippen LogP contribution is -2.42. The van der Waals surface area contributed by atoms with E-state index in [1.165, 1.54) is 22.4 Å². The number of benzene rings is 2. The van der Waals surface area contributed by atoms with E-state index in [1.54, 1.807) is 0 Å². The van der Waals surface area contributed by atoms with Crippen molar-refractivity contribution in [3.05, 3.63) is 89.0 Å². The predicted molar refractivity (Wildman–Crippen MR) is 137 cm³/mol. The van der Waals surface area contributed by atoms with Gasteiger partial charge in [0.1, 0.15) is 6.04 Å². The molecule has 2 N–H and O–H groups in total. The maximum Gasteiger partial charge on any atom is 0.242 e. The van der Waals surface area contributed by atoms with E-state index >= 15 is 0 Å². The Balaban J connectivity index is 1.40. The second kappa shape index (κ2) is 10.8. The lowest BCUT2D eigenvalue weighted by molar-refractivity contribution is -0.123. The first-order valence-corrected chi connectivity index (χ1v) is 12.1. The summed E-state index contributed by atoms with van der Waals surface area (Å²) in [5.41, 5.74) is 7.08. The Morgan fingerprint density at radius 2 is 1.97 bits per heavy atom. The molecule has 4 rings (SSSR count). The second-order valence-corrected chi connectivity index (χ2v) is 9.36. The molecule has 2 aromatic carbocycles. The van der Waals surface area contributed by atoms with Crippen LogP contribution < -0.4 is 10.6 Å². The van der Waals surface area contributed by atoms with Crippen LogP contribution in [0.15, 0.2) is 77.3 Å². The molecule has 0 bridgehead atoms. The van der Waals surface area contributed by atoms with Crippen LogP contribution in [0.25, 0.3) is 0 Å². The maximum atomic E-state index is 13.3. The fourth-order valence-electron chi connectivity index (χ4n) is 4.49. The number of rotatable bonds is 8. The molecule has 172 valence electrons. The number of hydrogen-bond donors (Lipinski definition) is 2. The van der Waals surface area contributed by atoms with Crippen LogP contribution >= 0.6 is 0 Å². The molecule has 1 aliphatic heterocycles. The van der Waals surface area contributed by atoms with Crippen LogP contribution in [0.5, 0.6) is 0 Å². The predicted octanol–water partition coefficient (Wildman–Crippen LogP) is 5.63. The topological polar surface area (TPSA) is 53.5 Å². The number of allylic oxidation sites excluding steroid dienone is 2. The molecule has 2 aliphatic rings. The Hall–Kier alpha value is -2.98. The standard InChI is InChI=1S/C29H35N3O/c1-20-9-13-24(14-10-20)22(3)32-29(33)28(25-7-5-4-6-8-25)30-18-17-23-12-16-27-26(19-23)15-11-21(2)31-27/h4-9,12-14,16,19-20,22,28,30H,10-11,15,17-18H2,1-3H3,(H,32,33). The molecule has 33 heavy (non-hydrogen) atoms. The summed E-state index contributed by atoms with van der Waals surface area (Å²) in [6, 6.07) is 16.1. The van der Waals surface area contributed by atoms with Crippen molar-refractivity contribution < 1.29 is 4.79 Å². The van der Waals surface area contributed by atoms with Crippen LogP contribution in [0.4, 0.5) is 5.69 Å². The summed E-state index contributed by atoms with van der Waals surface area (Å²) in [4.78, 5) is 18.0. The third-order valence-electron chi connectivity index (χ3n) is 6.57. The van der Waals surface area contributed by atoms with Gasteiger partial charge in [-0.1, -0.05) is 67.6 Å². The third kappa shape index (κ3) is 6.08. The molecule has 1 aliphatic carbocycles. The van der Waals surface area contributed by atoms with Gasteiger partial charge >= 0.3 is 0 Å². The minimum Gasteiger partial charge on any atom is -0.348 e. The monoisotopic (exact) mass is 441 g/mol. The number of carbonyl (C=O) groups is 1. The van der Waals surface area contributed by atoms with Gasteiger partial charge in [0.2, 0.25) is 5.91 Å². The highest BCUT2D eigenvalue weighted by atomic mass is 16.2. The average molecular weight is 442 g/mol. The molecule has 4 nitrogen and oxygen atoms in total. The molecule has 2 aromatic rings. The zero-order valence-corrected chi connectivity index (χ0v) is 20.0. The van der Waals surface area contributed by atoms with E-state index in [0.717, 1.165) is 43.5 Å². The Morgan fingerprint density at radius 1 is 1.15 bits per heavy atom. The Labute approximate surface area is 197 Å². The quantitative estimate of drug-likeness (QED) is 0.558. The van der Waals surface area contributed by atoms with Crippen LogP contribution in [-0.2, 0) is 17.6 Å². The Kier molecular flexibility index (Phi) is 7.56. The number of fused-ring (bicyclic) bond motifs is 1. The summed E-state index contributed by atoms with van der Waals surface area (Å²) < 4.78 is 0. The number of amides is 1. The van der Waals surface area contributed by atoms with E-state index in [1.807, 2.05) is 30.3 Å². The molecule has 3 atom stereocenters. The summed E-state index contributed by atoms with van der Waals surface area (Å²) in [5.74, 6) is 0.576. The van der Waals surface area contributed by atoms with Gasteiger partial charge < -0.3 is 10.6 Å². The van der Waals surface area contributed by atoms with E-state index in [0.29, 0.717) is 5.92 Å². The van der Waals surface area contributed by atoms with Crippen molar-refractivity contribution in [2.75, 3.05) is 6.54 Å². The Morgan fingerprint density at radius 3 is 2.73 bits per heavy atom. The van der Waals surface area contributed by atoms with Crippen molar-refractivity contribution in [2.45, 2.75) is 58.5 Å². The minimum absolute atomic E-state index is 0.0110. The number of hydrogen-bond acceptors (Lipinski definition) is 3. The zero-order chi connectivity index (χ0) is 23.2. The first-order chi connectivity index (χ1) is 16.0. The lowest BCUT2D eigenvalue weighted by atomic mass is 9.94. The lowest BCUT2D eigenvalue weighted by Gasteiger charge is -2.24. The number of carbonyl (C=O) groups excluding carboxylic acids is 1. The van der Waals surface area contributed by atoms with Crippen molar-refractivity contribution in [3.63, 3.8) is 0 Å². The number of nitrogens with one attached hydrogen (secondary N) is 2. The molecule has 0 spiro atoms. The molecule has 0 aromatic heterocycles. The second-order valence-electron chi connectivity index (χ2n) is 9.36. The van der Waals surface area contributed by atoms with Crippen LogP contribution in [-0.4, -0.2) is 24.2 Å². The third-order valence-corrected chi connectivity index (χ3v) is 6.57. The van der Waals surface area contributed by atoms with Crippen LogP contribution in [0.2, 0.25) is 0 Å². The Bertz CT molecular complexity index is 1070. The van der Waals surface area contributed by atoms with Gasteiger partial charge in [-0.15, -0.1) is 0 Å². The van der Waals surface area contributed by atoms with E-state index < -0.39 is 0 Å². The SMILES string of the molecule is CC1=Nc2ccc(CCNC(C(=O)NC(C)C3=CCC(C)C=C3)c3ccccc3)cc2CC1. The molecule has 1 heterocycles. The van der Waals surface area contributed by atoms with Crippen molar-refractivity contribution in [1.29, 1.82) is 0 Å². The average Bonchev–Trinajstić information content (AvgIpc) is 2.82. The van der Waals surface area contributed by atoms with Crippen molar-refractivity contribution in [2.24, 2.45) is 10.9 Å². The van der Waals surface area contributed by atoms with Crippen molar-refractivity contribution in [1.82, 2.24) is 10.6 Å². The highest BCUT2D eigenvalue weighted by Crippen LogP contribution is 2.27. The largest absolute Gasteiger partial charge is 0.348 e. The highest BCUT2D eigenvalue weighted by molar-refractivity contribution is 5.87. The van der Waals surface area contributed by atoms with Crippen molar-refractivity contribution >= 4 is 17.3 Å². The van der Waals surface area contributed by atoms with E-state index in [2.05, 4.69) is 72.8 Å². The van der Waals surface area contributed by atoms with Gasteiger partial charge in [0.05, 0.1) is 11.7 Å². The molecule has 4 heteroatoms. The number of aliphatic imine (C=N–C) groups is 1. The van der Waals surface area contributed by atoms with Gasteiger partial charge in [-0.05, 0) is 73.8 Å². The first-order valence-electron chi connectivity index (χ1n) is 12.1. The normalized spacial score (nSPS) is 19.2. The molecule has 3 unspecified atom stereocenters. The highest BCUT2D eigenvalue weighted by Gasteiger charge is 2.22. The summed E-state index contributed by atoms with van der Waals surface area (Å²) >= 11 is 0. The molecule has 1 amide bonds. The van der Waals surface area contributed by atoms with E-state index in [4.69, 9.17) is 0 Å². The zero-order valence-electron chi connectivity index (χ0n) is 20.0. The van der Waals surface area contributed by atoms with Crippen LogP contribution in [0, 0.1) is 5.92 Å². The van der Waals surface area contributed by atoms with E-state index in [-0.39, 0.29) is 18.0 Å². The fourth-order valence-corrected chi connectivity index (χ4v) is 4.49. The summed E-state index contributed by atoms with van der Waals surface area (Å²) in [6.45, 7) is 7.09. The fraction of sp³-hybridized carbons (Fsp3) is 0.379. The van der Waals surface area contributed by atoms with Gasteiger partial charge in [-0.2, -0.15) is 0 Å². The van der Waals surface area contributed by atoms with E-state index in [9.17, 15) is 4.79 Å². The van der Waals surface area contributed by atoms with Crippen LogP contribution in [0.1, 0.15) is 56.3 Å². The molecular weight excluding hydrogens is 406 g/mol. The molecular formula is C29H35N3O. The maximum absolute atomic E-state index is 13.3. The molecule has 0 fully saturated rings. The summed E-state index contributed by atoms with van der Waals surface area (Å²) in [6.07, 6.45) is 10.6. The first kappa shape index (κ1) is 23.2. The number of aryl methyl sites for hydroxylation is 1. The number of nitrogens with zero attached hydrogens (tertiary/aromatic N) is 1. The smallest absolute Gasteiger partial charge is 0.242 e. The van der Waals surface area contributed by atoms with Gasteiger partial charge in [-0.3, -0.25) is 9.79 Å². The van der Waals surface area contributed by atoms with Gasteiger partial charge in [0.25, 0.3) is 0 Å². The van der Waals surface area contributed by atoms with Crippen molar-refractivity contribution in [3.8, 4) is 0 Å². The molecule has 0 saturated carbocycles. The summed E-state index contributed by atoms with van der Waals surface area (Å²) in [7, 11) is 0. The minimum atomic E-state index is -0.384. The molecule has 0 saturated heterocycles. The van der Waals surface area contributed by atoms with Gasteiger partial charge in [-0.25, -0.2) is 0 Å². The van der Waals surface area contributed by atoms with Crippen LogP contribution in [0.3, 0.4) is 0 Å².